The molecule has 0 radical (unpaired) electrons. The van der Waals surface area contributed by atoms with Gasteiger partial charge in [0.2, 0.25) is 0 Å². The number of hydrogen-bond donors (Lipinski definition) is 3. The van der Waals surface area contributed by atoms with Gasteiger partial charge >= 0.3 is 0 Å². The standard InChI is InChI=1S/C25H26N4O5S/c1-5-33-20-13-16(6-11-19(20)30)23-22(24(31)26-21-12-14(2)34-28-21)15(3)29(25(35)27-23)17-7-9-18(32-4)10-8-17/h6-13,23,30H,5H2,1-4H3,(H,27,35)(H,26,28,31). The molecule has 2 aromatic carbocycles. The maximum atomic E-state index is 13.6. The van der Waals surface area contributed by atoms with Gasteiger partial charge in [-0.25, -0.2) is 0 Å². The van der Waals surface area contributed by atoms with Crippen LogP contribution in [0, 0.1) is 6.92 Å². The number of carbonyl (C=O) groups is 1. The number of allylic oxidation sites excluding steroid dienone is 1. The van der Waals surface area contributed by atoms with Crippen molar-refractivity contribution in [1.82, 2.24) is 10.5 Å². The van der Waals surface area contributed by atoms with E-state index in [9.17, 15) is 9.90 Å². The number of hydrogen-bond acceptors (Lipinski definition) is 7. The lowest BCUT2D eigenvalue weighted by atomic mass is 9.93. The van der Waals surface area contributed by atoms with Crippen LogP contribution in [0.1, 0.15) is 31.2 Å². The molecule has 0 saturated heterocycles. The molecule has 3 aromatic rings. The normalized spacial score (nSPS) is 15.6. The fourth-order valence-corrected chi connectivity index (χ4v) is 4.28. The highest BCUT2D eigenvalue weighted by molar-refractivity contribution is 7.80. The number of nitrogens with one attached hydrogen (secondary N) is 2. The van der Waals surface area contributed by atoms with E-state index in [4.69, 9.17) is 26.2 Å². The van der Waals surface area contributed by atoms with Gasteiger partial charge in [-0.2, -0.15) is 0 Å². The number of phenols is 1. The quantitative estimate of drug-likeness (QED) is 0.411. The monoisotopic (exact) mass is 494 g/mol. The fraction of sp³-hybridized carbons (Fsp3) is 0.240. The molecule has 0 bridgehead atoms. The number of carbonyl (C=O) groups excluding carboxylic acids is 1. The number of rotatable bonds is 7. The Morgan fingerprint density at radius 2 is 1.97 bits per heavy atom. The van der Waals surface area contributed by atoms with Crippen molar-refractivity contribution in [1.29, 1.82) is 0 Å². The Hall–Kier alpha value is -4.05. The second-order valence-corrected chi connectivity index (χ2v) is 8.24. The molecule has 10 heteroatoms. The fourth-order valence-electron chi connectivity index (χ4n) is 3.92. The van der Waals surface area contributed by atoms with Gasteiger partial charge in [0.05, 0.1) is 25.3 Å². The van der Waals surface area contributed by atoms with Crippen LogP contribution >= 0.6 is 12.2 Å². The van der Waals surface area contributed by atoms with Crippen molar-refractivity contribution in [3.8, 4) is 17.2 Å². The molecule has 4 rings (SSSR count). The summed E-state index contributed by atoms with van der Waals surface area (Å²) in [6.45, 7) is 5.78. The van der Waals surface area contributed by atoms with Crippen molar-refractivity contribution in [3.63, 3.8) is 0 Å². The Bertz CT molecular complexity index is 1290. The van der Waals surface area contributed by atoms with Crippen molar-refractivity contribution in [3.05, 3.63) is 71.1 Å². The maximum absolute atomic E-state index is 13.6. The summed E-state index contributed by atoms with van der Waals surface area (Å²) in [6, 6.07) is 13.4. The van der Waals surface area contributed by atoms with Gasteiger partial charge in [-0.3, -0.25) is 9.69 Å². The predicted octanol–water partition coefficient (Wildman–Crippen LogP) is 4.44. The van der Waals surface area contributed by atoms with Crippen molar-refractivity contribution in [2.75, 3.05) is 23.9 Å². The summed E-state index contributed by atoms with van der Waals surface area (Å²) in [5.41, 5.74) is 2.52. The van der Waals surface area contributed by atoms with Gasteiger partial charge in [0.15, 0.2) is 22.4 Å². The molecule has 0 fully saturated rings. The largest absolute Gasteiger partial charge is 0.504 e. The number of amides is 1. The minimum atomic E-state index is -0.607. The molecule has 2 heterocycles. The number of ether oxygens (including phenoxy) is 2. The third-order valence-electron chi connectivity index (χ3n) is 5.55. The molecule has 1 aliphatic heterocycles. The smallest absolute Gasteiger partial charge is 0.257 e. The second-order valence-electron chi connectivity index (χ2n) is 7.85. The van der Waals surface area contributed by atoms with Gasteiger partial charge in [0.1, 0.15) is 11.5 Å². The number of anilines is 2. The summed E-state index contributed by atoms with van der Waals surface area (Å²) in [5, 5.41) is 20.6. The van der Waals surface area contributed by atoms with E-state index in [0.717, 1.165) is 5.69 Å². The Morgan fingerprint density at radius 1 is 1.23 bits per heavy atom. The van der Waals surface area contributed by atoms with E-state index in [1.807, 2.05) is 38.1 Å². The zero-order valence-corrected chi connectivity index (χ0v) is 20.6. The first-order chi connectivity index (χ1) is 16.8. The van der Waals surface area contributed by atoms with Crippen LogP contribution in [-0.4, -0.2) is 35.0 Å². The van der Waals surface area contributed by atoms with Crippen LogP contribution in [0.4, 0.5) is 11.5 Å². The van der Waals surface area contributed by atoms with E-state index in [1.54, 1.807) is 37.1 Å². The number of aromatic hydroxyl groups is 1. The summed E-state index contributed by atoms with van der Waals surface area (Å²) in [6.07, 6.45) is 0. The summed E-state index contributed by atoms with van der Waals surface area (Å²) >= 11 is 5.72. The van der Waals surface area contributed by atoms with Gasteiger partial charge < -0.3 is 29.7 Å². The molecule has 1 atom stereocenters. The Morgan fingerprint density at radius 3 is 2.60 bits per heavy atom. The van der Waals surface area contributed by atoms with Crippen molar-refractivity contribution in [2.45, 2.75) is 26.8 Å². The first kappa shape index (κ1) is 24.1. The summed E-state index contributed by atoms with van der Waals surface area (Å²) in [4.78, 5) is 15.4. The first-order valence-electron chi connectivity index (χ1n) is 11.0. The minimum absolute atomic E-state index is 0.0126. The highest BCUT2D eigenvalue weighted by Crippen LogP contribution is 2.37. The molecule has 182 valence electrons. The lowest BCUT2D eigenvalue weighted by Gasteiger charge is -2.38. The molecule has 0 aliphatic carbocycles. The lowest BCUT2D eigenvalue weighted by molar-refractivity contribution is -0.113. The van der Waals surface area contributed by atoms with E-state index in [1.165, 1.54) is 6.07 Å². The van der Waals surface area contributed by atoms with Crippen LogP contribution in [0.2, 0.25) is 0 Å². The zero-order chi connectivity index (χ0) is 25.1. The third kappa shape index (κ3) is 4.92. The number of nitrogens with zero attached hydrogens (tertiary/aromatic N) is 2. The van der Waals surface area contributed by atoms with Crippen molar-refractivity contribution < 1.29 is 23.9 Å². The SMILES string of the molecule is CCOc1cc(C2NC(=S)N(c3ccc(OC)cc3)C(C)=C2C(=O)Nc2cc(C)on2)ccc1O. The summed E-state index contributed by atoms with van der Waals surface area (Å²) < 4.78 is 15.9. The highest BCUT2D eigenvalue weighted by atomic mass is 32.1. The average Bonchev–Trinajstić information content (AvgIpc) is 3.25. The lowest BCUT2D eigenvalue weighted by Crippen LogP contribution is -2.48. The second kappa shape index (κ2) is 10.1. The van der Waals surface area contributed by atoms with Crippen LogP contribution in [0.3, 0.4) is 0 Å². The topological polar surface area (TPSA) is 109 Å². The number of benzene rings is 2. The zero-order valence-electron chi connectivity index (χ0n) is 19.8. The molecule has 35 heavy (non-hydrogen) atoms. The molecule has 1 aliphatic rings. The number of aromatic nitrogens is 1. The molecule has 1 unspecified atom stereocenters. The van der Waals surface area contributed by atoms with Crippen LogP contribution in [0.25, 0.3) is 0 Å². The third-order valence-corrected chi connectivity index (χ3v) is 5.85. The molecular weight excluding hydrogens is 468 g/mol. The number of aryl methyl sites for hydroxylation is 1. The van der Waals surface area contributed by atoms with E-state index < -0.39 is 6.04 Å². The highest BCUT2D eigenvalue weighted by Gasteiger charge is 2.35. The van der Waals surface area contributed by atoms with Gasteiger partial charge in [-0.1, -0.05) is 11.2 Å². The van der Waals surface area contributed by atoms with E-state index in [2.05, 4.69) is 15.8 Å². The molecule has 1 aromatic heterocycles. The molecule has 0 spiro atoms. The summed E-state index contributed by atoms with van der Waals surface area (Å²) in [5.74, 6) is 1.54. The van der Waals surface area contributed by atoms with E-state index in [-0.39, 0.29) is 11.7 Å². The molecular formula is C25H26N4O5S. The van der Waals surface area contributed by atoms with Crippen LogP contribution in [0.5, 0.6) is 17.2 Å². The van der Waals surface area contributed by atoms with Gasteiger partial charge in [-0.15, -0.1) is 0 Å². The summed E-state index contributed by atoms with van der Waals surface area (Å²) in [7, 11) is 1.60. The first-order valence-corrected chi connectivity index (χ1v) is 11.4. The number of methoxy groups -OCH3 is 1. The van der Waals surface area contributed by atoms with Gasteiger partial charge in [-0.05, 0) is 75.0 Å². The number of thiocarbonyl (C=S) groups is 1. The Labute approximate surface area is 208 Å². The minimum Gasteiger partial charge on any atom is -0.504 e. The van der Waals surface area contributed by atoms with Crippen LogP contribution < -0.4 is 25.0 Å². The maximum Gasteiger partial charge on any atom is 0.257 e. The molecule has 1 amide bonds. The average molecular weight is 495 g/mol. The van der Waals surface area contributed by atoms with Crippen molar-refractivity contribution >= 4 is 34.7 Å². The van der Waals surface area contributed by atoms with Crippen molar-refractivity contribution in [2.24, 2.45) is 0 Å². The predicted molar refractivity (Wildman–Crippen MR) is 136 cm³/mol. The van der Waals surface area contributed by atoms with Crippen LogP contribution in [0.15, 0.2) is 64.3 Å². The molecule has 0 saturated carbocycles. The van der Waals surface area contributed by atoms with E-state index in [0.29, 0.717) is 51.6 Å². The number of phenolic OH excluding ortho intramolecular Hbond substituents is 1. The van der Waals surface area contributed by atoms with Gasteiger partial charge in [0, 0.05) is 17.5 Å². The van der Waals surface area contributed by atoms with Crippen LogP contribution in [-0.2, 0) is 4.79 Å². The molecule has 9 nitrogen and oxygen atoms in total. The molecule has 3 N–H and O–H groups in total. The Kier molecular flexibility index (Phi) is 6.92. The Balaban J connectivity index is 1.80. The van der Waals surface area contributed by atoms with Gasteiger partial charge in [0.25, 0.3) is 5.91 Å². The van der Waals surface area contributed by atoms with E-state index >= 15 is 0 Å².